The van der Waals surface area contributed by atoms with Gasteiger partial charge in [-0.2, -0.15) is 0 Å². The van der Waals surface area contributed by atoms with Gasteiger partial charge in [-0.1, -0.05) is 23.7 Å². The number of hydrogen-bond acceptors (Lipinski definition) is 1. The molecule has 0 aromatic heterocycles. The minimum absolute atomic E-state index is 0.134. The molecule has 0 saturated heterocycles. The molecule has 0 aliphatic heterocycles. The zero-order valence-electron chi connectivity index (χ0n) is 9.75. The number of rotatable bonds is 3. The number of benzene rings is 2. The molecule has 2 aromatic rings. The molecule has 0 aliphatic rings. The third-order valence-corrected chi connectivity index (χ3v) is 3.68. The van der Waals surface area contributed by atoms with E-state index in [-0.39, 0.29) is 11.1 Å². The predicted molar refractivity (Wildman–Crippen MR) is 82.6 cm³/mol. The van der Waals surface area contributed by atoms with Gasteiger partial charge in [0, 0.05) is 15.3 Å². The highest BCUT2D eigenvalue weighted by atomic mass is 127. The number of anilines is 1. The first kappa shape index (κ1) is 13.6. The molecule has 0 fully saturated rings. The van der Waals surface area contributed by atoms with E-state index >= 15 is 0 Å². The highest BCUT2D eigenvalue weighted by Crippen LogP contribution is 2.24. The smallest absolute Gasteiger partial charge is 0.141 e. The third-order valence-electron chi connectivity index (χ3n) is 2.67. The van der Waals surface area contributed by atoms with E-state index in [9.17, 15) is 4.39 Å². The lowest BCUT2D eigenvalue weighted by molar-refractivity contribution is 0.628. The molecule has 0 spiro atoms. The van der Waals surface area contributed by atoms with Crippen molar-refractivity contribution in [2.24, 2.45) is 0 Å². The zero-order valence-corrected chi connectivity index (χ0v) is 12.7. The number of halogens is 3. The maximum absolute atomic E-state index is 13.0. The Labute approximate surface area is 124 Å². The van der Waals surface area contributed by atoms with Gasteiger partial charge in [0.05, 0.1) is 5.02 Å². The van der Waals surface area contributed by atoms with Gasteiger partial charge in [0.1, 0.15) is 5.82 Å². The normalized spacial score (nSPS) is 12.2. The van der Waals surface area contributed by atoms with E-state index in [1.807, 2.05) is 0 Å². The summed E-state index contributed by atoms with van der Waals surface area (Å²) in [6.45, 7) is 2.06. The summed E-state index contributed by atoms with van der Waals surface area (Å²) in [5.74, 6) is -0.399. The first-order chi connectivity index (χ1) is 8.56. The van der Waals surface area contributed by atoms with Gasteiger partial charge >= 0.3 is 0 Å². The Kier molecular flexibility index (Phi) is 4.45. The molecule has 0 heterocycles. The molecule has 1 nitrogen and oxygen atoms in total. The van der Waals surface area contributed by atoms with E-state index in [1.165, 1.54) is 15.2 Å². The first-order valence-corrected chi connectivity index (χ1v) is 6.99. The zero-order chi connectivity index (χ0) is 13.1. The summed E-state index contributed by atoms with van der Waals surface area (Å²) in [7, 11) is 0. The standard InChI is InChI=1S/C14H12ClFIN/c1-9(10-2-4-11(17)5-3-10)18-12-6-7-14(16)13(15)8-12/h2-9,18H,1H3. The summed E-state index contributed by atoms with van der Waals surface area (Å²) < 4.78 is 14.2. The topological polar surface area (TPSA) is 12.0 Å². The van der Waals surface area contributed by atoms with Gasteiger partial charge in [-0.3, -0.25) is 0 Å². The average molecular weight is 376 g/mol. The Morgan fingerprint density at radius 1 is 1.17 bits per heavy atom. The van der Waals surface area contributed by atoms with Crippen LogP contribution in [0.5, 0.6) is 0 Å². The van der Waals surface area contributed by atoms with Crippen LogP contribution >= 0.6 is 34.2 Å². The first-order valence-electron chi connectivity index (χ1n) is 5.53. The summed E-state index contributed by atoms with van der Waals surface area (Å²) in [5, 5.41) is 3.43. The van der Waals surface area contributed by atoms with Gasteiger partial charge in [-0.15, -0.1) is 0 Å². The molecular formula is C14H12ClFIN. The fourth-order valence-electron chi connectivity index (χ4n) is 1.67. The Balaban J connectivity index is 2.13. The minimum Gasteiger partial charge on any atom is -0.378 e. The van der Waals surface area contributed by atoms with Crippen LogP contribution in [-0.2, 0) is 0 Å². The van der Waals surface area contributed by atoms with Crippen LogP contribution in [0.15, 0.2) is 42.5 Å². The van der Waals surface area contributed by atoms with Crippen molar-refractivity contribution >= 4 is 39.9 Å². The molecule has 0 bridgehead atoms. The highest BCUT2D eigenvalue weighted by molar-refractivity contribution is 14.1. The molecule has 2 rings (SSSR count). The van der Waals surface area contributed by atoms with Crippen LogP contribution in [0.1, 0.15) is 18.5 Å². The SMILES string of the molecule is CC(Nc1ccc(F)c(Cl)c1)c1ccc(I)cc1. The van der Waals surface area contributed by atoms with Gasteiger partial charge in [0.15, 0.2) is 0 Å². The molecule has 2 aromatic carbocycles. The Morgan fingerprint density at radius 2 is 1.83 bits per heavy atom. The van der Waals surface area contributed by atoms with Gasteiger partial charge in [-0.25, -0.2) is 4.39 Å². The van der Waals surface area contributed by atoms with Crippen molar-refractivity contribution < 1.29 is 4.39 Å². The molecule has 0 saturated carbocycles. The monoisotopic (exact) mass is 375 g/mol. The van der Waals surface area contributed by atoms with E-state index < -0.39 is 5.82 Å². The molecule has 1 unspecified atom stereocenters. The predicted octanol–water partition coefficient (Wildman–Crippen LogP) is 5.26. The second-order valence-corrected chi connectivity index (χ2v) is 5.70. The van der Waals surface area contributed by atoms with E-state index in [0.717, 1.165) is 5.69 Å². The average Bonchev–Trinajstić information content (AvgIpc) is 2.34. The maximum atomic E-state index is 13.0. The van der Waals surface area contributed by atoms with Crippen molar-refractivity contribution in [3.63, 3.8) is 0 Å². The quantitative estimate of drug-likeness (QED) is 0.722. The summed E-state index contributed by atoms with van der Waals surface area (Å²) in [6, 6.07) is 13.1. The molecule has 18 heavy (non-hydrogen) atoms. The lowest BCUT2D eigenvalue weighted by atomic mass is 10.1. The highest BCUT2D eigenvalue weighted by Gasteiger charge is 2.06. The maximum Gasteiger partial charge on any atom is 0.141 e. The van der Waals surface area contributed by atoms with Gasteiger partial charge in [-0.05, 0) is 65.4 Å². The molecule has 1 N–H and O–H groups in total. The molecule has 0 radical (unpaired) electrons. The molecule has 1 atom stereocenters. The number of nitrogens with one attached hydrogen (secondary N) is 1. The van der Waals surface area contributed by atoms with Gasteiger partial charge < -0.3 is 5.32 Å². The second kappa shape index (κ2) is 5.89. The summed E-state index contributed by atoms with van der Waals surface area (Å²) in [4.78, 5) is 0. The van der Waals surface area contributed by atoms with Crippen molar-refractivity contribution in [3.8, 4) is 0 Å². The van der Waals surface area contributed by atoms with E-state index in [4.69, 9.17) is 11.6 Å². The largest absolute Gasteiger partial charge is 0.378 e. The summed E-state index contributed by atoms with van der Waals surface area (Å²) >= 11 is 8.02. The van der Waals surface area contributed by atoms with Gasteiger partial charge in [0.2, 0.25) is 0 Å². The van der Waals surface area contributed by atoms with E-state index in [2.05, 4.69) is 59.1 Å². The van der Waals surface area contributed by atoms with Crippen LogP contribution in [0.2, 0.25) is 5.02 Å². The van der Waals surface area contributed by atoms with Crippen LogP contribution < -0.4 is 5.32 Å². The Hall–Kier alpha value is -0.810. The van der Waals surface area contributed by atoms with Crippen LogP contribution in [0.4, 0.5) is 10.1 Å². The minimum atomic E-state index is -0.399. The van der Waals surface area contributed by atoms with Crippen LogP contribution in [0.25, 0.3) is 0 Å². The lowest BCUT2D eigenvalue weighted by Crippen LogP contribution is -2.06. The van der Waals surface area contributed by atoms with Crippen molar-refractivity contribution in [2.75, 3.05) is 5.32 Å². The van der Waals surface area contributed by atoms with Crippen LogP contribution in [0.3, 0.4) is 0 Å². The Bertz CT molecular complexity index is 542. The van der Waals surface area contributed by atoms with Crippen molar-refractivity contribution in [3.05, 3.63) is 62.4 Å². The molecule has 0 amide bonds. The molecular weight excluding hydrogens is 364 g/mol. The lowest BCUT2D eigenvalue weighted by Gasteiger charge is -2.16. The second-order valence-electron chi connectivity index (χ2n) is 4.05. The summed E-state index contributed by atoms with van der Waals surface area (Å²) in [6.07, 6.45) is 0. The van der Waals surface area contributed by atoms with Crippen molar-refractivity contribution in [1.29, 1.82) is 0 Å². The van der Waals surface area contributed by atoms with Crippen molar-refractivity contribution in [2.45, 2.75) is 13.0 Å². The van der Waals surface area contributed by atoms with E-state index in [0.29, 0.717) is 0 Å². The fraction of sp³-hybridized carbons (Fsp3) is 0.143. The Morgan fingerprint density at radius 3 is 2.44 bits per heavy atom. The van der Waals surface area contributed by atoms with E-state index in [1.54, 1.807) is 12.1 Å². The van der Waals surface area contributed by atoms with Crippen molar-refractivity contribution in [1.82, 2.24) is 0 Å². The van der Waals surface area contributed by atoms with Crippen LogP contribution in [-0.4, -0.2) is 0 Å². The molecule has 4 heteroatoms. The van der Waals surface area contributed by atoms with Gasteiger partial charge in [0.25, 0.3) is 0 Å². The summed E-state index contributed by atoms with van der Waals surface area (Å²) in [5.41, 5.74) is 1.99. The molecule has 94 valence electrons. The number of hydrogen-bond donors (Lipinski definition) is 1. The fourth-order valence-corrected chi connectivity index (χ4v) is 2.21. The molecule has 0 aliphatic carbocycles. The van der Waals surface area contributed by atoms with Crippen LogP contribution in [0, 0.1) is 9.39 Å². The third kappa shape index (κ3) is 3.36.